The first-order valence-electron chi connectivity index (χ1n) is 6.60. The Bertz CT molecular complexity index is 368. The molecule has 0 amide bonds. The van der Waals surface area contributed by atoms with Gasteiger partial charge in [-0.05, 0) is 19.1 Å². The third kappa shape index (κ3) is 5.77. The van der Waals surface area contributed by atoms with Crippen molar-refractivity contribution >= 4 is 0 Å². The molecule has 0 aliphatic heterocycles. The van der Waals surface area contributed by atoms with Crippen LogP contribution < -0.4 is 9.47 Å². The number of para-hydroxylation sites is 2. The van der Waals surface area contributed by atoms with E-state index in [1.54, 1.807) is 0 Å². The van der Waals surface area contributed by atoms with Gasteiger partial charge in [-0.2, -0.15) is 0 Å². The number of aliphatic hydroxyl groups is 1. The average Bonchev–Trinajstić information content (AvgIpc) is 2.41. The van der Waals surface area contributed by atoms with Crippen LogP contribution in [0.15, 0.2) is 36.9 Å². The summed E-state index contributed by atoms with van der Waals surface area (Å²) >= 11 is 0. The van der Waals surface area contributed by atoms with Crippen molar-refractivity contribution in [2.75, 3.05) is 39.5 Å². The Morgan fingerprint density at radius 3 is 2.47 bits per heavy atom. The molecule has 0 saturated heterocycles. The van der Waals surface area contributed by atoms with E-state index < -0.39 is 0 Å². The minimum absolute atomic E-state index is 0.142. The monoisotopic (exact) mass is 265 g/mol. The number of ether oxygens (including phenoxy) is 2. The molecule has 0 spiro atoms. The maximum Gasteiger partial charge on any atom is 0.161 e. The molecule has 0 bridgehead atoms. The molecule has 1 N–H and O–H groups in total. The van der Waals surface area contributed by atoms with Crippen molar-refractivity contribution in [1.82, 2.24) is 4.90 Å². The van der Waals surface area contributed by atoms with Crippen molar-refractivity contribution in [3.63, 3.8) is 0 Å². The van der Waals surface area contributed by atoms with Crippen LogP contribution in [0, 0.1) is 0 Å². The van der Waals surface area contributed by atoms with Crippen LogP contribution in [0.3, 0.4) is 0 Å². The Balaban J connectivity index is 2.44. The molecule has 0 aromatic heterocycles. The van der Waals surface area contributed by atoms with Gasteiger partial charge in [-0.25, -0.2) is 0 Å². The quantitative estimate of drug-likeness (QED) is 0.657. The fraction of sp³-hybridized carbons (Fsp3) is 0.467. The summed E-state index contributed by atoms with van der Waals surface area (Å²) in [5, 5.41) is 8.96. The number of rotatable bonds is 10. The molecule has 1 aromatic rings. The highest BCUT2D eigenvalue weighted by atomic mass is 16.5. The molecule has 0 aliphatic rings. The summed E-state index contributed by atoms with van der Waals surface area (Å²) in [6, 6.07) is 7.64. The fourth-order valence-electron chi connectivity index (χ4n) is 1.75. The van der Waals surface area contributed by atoms with Gasteiger partial charge >= 0.3 is 0 Å². The Morgan fingerprint density at radius 2 is 1.89 bits per heavy atom. The maximum atomic E-state index is 8.96. The van der Waals surface area contributed by atoms with Gasteiger partial charge in [-0.1, -0.05) is 18.2 Å². The zero-order valence-electron chi connectivity index (χ0n) is 11.5. The van der Waals surface area contributed by atoms with Crippen LogP contribution in [0.25, 0.3) is 0 Å². The number of hydrogen-bond acceptors (Lipinski definition) is 4. The topological polar surface area (TPSA) is 41.9 Å². The predicted molar refractivity (Wildman–Crippen MR) is 76.8 cm³/mol. The van der Waals surface area contributed by atoms with E-state index in [-0.39, 0.29) is 6.61 Å². The van der Waals surface area contributed by atoms with Gasteiger partial charge in [0, 0.05) is 19.6 Å². The van der Waals surface area contributed by atoms with E-state index in [1.807, 2.05) is 37.3 Å². The molecule has 4 heteroatoms. The summed E-state index contributed by atoms with van der Waals surface area (Å²) in [5.74, 6) is 1.52. The lowest BCUT2D eigenvalue weighted by Crippen LogP contribution is -2.31. The number of nitrogens with zero attached hydrogens (tertiary/aromatic N) is 1. The van der Waals surface area contributed by atoms with Gasteiger partial charge in [0.1, 0.15) is 6.61 Å². The zero-order chi connectivity index (χ0) is 13.9. The van der Waals surface area contributed by atoms with Crippen LogP contribution in [0.1, 0.15) is 6.92 Å². The molecule has 0 aliphatic carbocycles. The second kappa shape index (κ2) is 9.42. The van der Waals surface area contributed by atoms with Gasteiger partial charge in [0.05, 0.1) is 13.2 Å². The number of hydrogen-bond donors (Lipinski definition) is 1. The molecule has 0 atom stereocenters. The largest absolute Gasteiger partial charge is 0.490 e. The SMILES string of the molecule is C=CCN(CCO)CCOc1ccccc1OCC. The van der Waals surface area contributed by atoms with E-state index in [2.05, 4.69) is 11.5 Å². The molecule has 1 aromatic carbocycles. The Kier molecular flexibility index (Phi) is 7.70. The summed E-state index contributed by atoms with van der Waals surface area (Å²) in [4.78, 5) is 2.08. The van der Waals surface area contributed by atoms with Crippen molar-refractivity contribution < 1.29 is 14.6 Å². The first-order chi connectivity index (χ1) is 9.31. The molecule has 0 radical (unpaired) electrons. The van der Waals surface area contributed by atoms with Crippen molar-refractivity contribution in [3.05, 3.63) is 36.9 Å². The van der Waals surface area contributed by atoms with Crippen LogP contribution in [0.4, 0.5) is 0 Å². The number of benzene rings is 1. The Morgan fingerprint density at radius 1 is 1.21 bits per heavy atom. The second-order valence-electron chi connectivity index (χ2n) is 4.04. The second-order valence-corrected chi connectivity index (χ2v) is 4.04. The van der Waals surface area contributed by atoms with Gasteiger partial charge < -0.3 is 14.6 Å². The summed E-state index contributed by atoms with van der Waals surface area (Å²) in [7, 11) is 0. The van der Waals surface area contributed by atoms with Crippen LogP contribution in [0.5, 0.6) is 11.5 Å². The van der Waals surface area contributed by atoms with Crippen LogP contribution >= 0.6 is 0 Å². The molecule has 4 nitrogen and oxygen atoms in total. The predicted octanol–water partition coefficient (Wildman–Crippen LogP) is 1.94. The maximum absolute atomic E-state index is 8.96. The molecular formula is C15H23NO3. The van der Waals surface area contributed by atoms with Crippen molar-refractivity contribution in [1.29, 1.82) is 0 Å². The third-order valence-corrected chi connectivity index (χ3v) is 2.62. The summed E-state index contributed by atoms with van der Waals surface area (Å²) in [5.41, 5.74) is 0. The van der Waals surface area contributed by atoms with Crippen molar-refractivity contribution in [2.24, 2.45) is 0 Å². The zero-order valence-corrected chi connectivity index (χ0v) is 11.5. The molecular weight excluding hydrogens is 242 g/mol. The molecule has 106 valence electrons. The summed E-state index contributed by atoms with van der Waals surface area (Å²) in [6.07, 6.45) is 1.82. The van der Waals surface area contributed by atoms with Crippen LogP contribution in [-0.4, -0.2) is 49.5 Å². The molecule has 0 fully saturated rings. The fourth-order valence-corrected chi connectivity index (χ4v) is 1.75. The normalized spacial score (nSPS) is 10.5. The first kappa shape index (κ1) is 15.5. The van der Waals surface area contributed by atoms with E-state index in [4.69, 9.17) is 14.6 Å². The summed E-state index contributed by atoms with van der Waals surface area (Å²) in [6.45, 7) is 9.08. The average molecular weight is 265 g/mol. The Labute approximate surface area is 115 Å². The van der Waals surface area contributed by atoms with E-state index in [0.717, 1.165) is 24.6 Å². The van der Waals surface area contributed by atoms with Gasteiger partial charge in [0.15, 0.2) is 11.5 Å². The van der Waals surface area contributed by atoms with E-state index >= 15 is 0 Å². The highest BCUT2D eigenvalue weighted by Gasteiger charge is 2.05. The molecule has 19 heavy (non-hydrogen) atoms. The minimum Gasteiger partial charge on any atom is -0.490 e. The lowest BCUT2D eigenvalue weighted by atomic mass is 10.3. The van der Waals surface area contributed by atoms with E-state index in [0.29, 0.717) is 19.8 Å². The molecule has 0 unspecified atom stereocenters. The summed E-state index contributed by atoms with van der Waals surface area (Å²) < 4.78 is 11.2. The lowest BCUT2D eigenvalue weighted by molar-refractivity contribution is 0.177. The standard InChI is InChI=1S/C15H23NO3/c1-3-9-16(10-12-17)11-13-19-15-8-6-5-7-14(15)18-4-2/h3,5-8,17H,1,4,9-13H2,2H3. The van der Waals surface area contributed by atoms with Gasteiger partial charge in [-0.15, -0.1) is 6.58 Å². The molecule has 0 heterocycles. The first-order valence-corrected chi connectivity index (χ1v) is 6.60. The van der Waals surface area contributed by atoms with E-state index in [9.17, 15) is 0 Å². The van der Waals surface area contributed by atoms with Crippen molar-refractivity contribution in [2.45, 2.75) is 6.92 Å². The highest BCUT2D eigenvalue weighted by molar-refractivity contribution is 5.39. The molecule has 0 saturated carbocycles. The van der Waals surface area contributed by atoms with Crippen LogP contribution in [0.2, 0.25) is 0 Å². The Hall–Kier alpha value is -1.52. The molecule has 1 rings (SSSR count). The highest BCUT2D eigenvalue weighted by Crippen LogP contribution is 2.26. The number of aliphatic hydroxyl groups excluding tert-OH is 1. The van der Waals surface area contributed by atoms with Gasteiger partial charge in [-0.3, -0.25) is 4.90 Å². The van der Waals surface area contributed by atoms with Crippen LogP contribution in [-0.2, 0) is 0 Å². The minimum atomic E-state index is 0.142. The van der Waals surface area contributed by atoms with Crippen molar-refractivity contribution in [3.8, 4) is 11.5 Å². The third-order valence-electron chi connectivity index (χ3n) is 2.62. The van der Waals surface area contributed by atoms with Gasteiger partial charge in [0.25, 0.3) is 0 Å². The smallest absolute Gasteiger partial charge is 0.161 e. The van der Waals surface area contributed by atoms with Gasteiger partial charge in [0.2, 0.25) is 0 Å². The van der Waals surface area contributed by atoms with E-state index in [1.165, 1.54) is 0 Å². The lowest BCUT2D eigenvalue weighted by Gasteiger charge is -2.20.